The van der Waals surface area contributed by atoms with Gasteiger partial charge < -0.3 is 14.8 Å². The van der Waals surface area contributed by atoms with Gasteiger partial charge in [-0.15, -0.1) is 0 Å². The maximum absolute atomic E-state index is 10.9. The molecular formula is C12H16N2O4. The van der Waals surface area contributed by atoms with Crippen LogP contribution in [0.25, 0.3) is 0 Å². The number of methoxy groups -OCH3 is 1. The summed E-state index contributed by atoms with van der Waals surface area (Å²) in [4.78, 5) is 10.5. The standard InChI is InChI=1S/C12H16N2O4/c1-17-10-4-5-12(11(7-10)14(15)16)18-8-9-3-2-6-13-9/h4-5,7,9,13H,2-3,6,8H2,1H3/t9-/m0/s1. The molecule has 0 spiro atoms. The number of hydrogen-bond donors (Lipinski definition) is 1. The number of rotatable bonds is 5. The Bertz CT molecular complexity index is 430. The minimum Gasteiger partial charge on any atom is -0.496 e. The van der Waals surface area contributed by atoms with E-state index >= 15 is 0 Å². The van der Waals surface area contributed by atoms with Gasteiger partial charge in [0, 0.05) is 6.04 Å². The number of hydrogen-bond acceptors (Lipinski definition) is 5. The summed E-state index contributed by atoms with van der Waals surface area (Å²) in [5.74, 6) is 0.738. The van der Waals surface area contributed by atoms with Crippen LogP contribution in [0.2, 0.25) is 0 Å². The smallest absolute Gasteiger partial charge is 0.314 e. The number of benzene rings is 1. The summed E-state index contributed by atoms with van der Waals surface area (Å²) in [7, 11) is 1.47. The molecule has 1 N–H and O–H groups in total. The van der Waals surface area contributed by atoms with Crippen molar-refractivity contribution in [3.63, 3.8) is 0 Å². The van der Waals surface area contributed by atoms with Gasteiger partial charge in [-0.05, 0) is 31.5 Å². The van der Waals surface area contributed by atoms with Crippen molar-refractivity contribution in [1.82, 2.24) is 5.32 Å². The van der Waals surface area contributed by atoms with Gasteiger partial charge in [0.25, 0.3) is 0 Å². The van der Waals surface area contributed by atoms with Crippen LogP contribution in [-0.2, 0) is 0 Å². The number of nitro benzene ring substituents is 1. The first-order valence-electron chi connectivity index (χ1n) is 5.89. The zero-order valence-corrected chi connectivity index (χ0v) is 10.2. The quantitative estimate of drug-likeness (QED) is 0.638. The van der Waals surface area contributed by atoms with Crippen molar-refractivity contribution in [2.24, 2.45) is 0 Å². The molecule has 0 radical (unpaired) electrons. The SMILES string of the molecule is COc1ccc(OC[C@@H]2CCCN2)c([N+](=O)[O-])c1. The van der Waals surface area contributed by atoms with E-state index in [-0.39, 0.29) is 17.5 Å². The zero-order chi connectivity index (χ0) is 13.0. The van der Waals surface area contributed by atoms with Gasteiger partial charge in [-0.25, -0.2) is 0 Å². The average molecular weight is 252 g/mol. The Morgan fingerprint density at radius 3 is 3.00 bits per heavy atom. The molecule has 1 fully saturated rings. The Morgan fingerprint density at radius 2 is 2.39 bits per heavy atom. The number of nitro groups is 1. The number of nitrogens with one attached hydrogen (secondary N) is 1. The Labute approximate surface area is 105 Å². The van der Waals surface area contributed by atoms with E-state index < -0.39 is 4.92 Å². The summed E-state index contributed by atoms with van der Waals surface area (Å²) in [6.07, 6.45) is 2.17. The summed E-state index contributed by atoms with van der Waals surface area (Å²) in [6.45, 7) is 1.44. The molecule has 0 bridgehead atoms. The Hall–Kier alpha value is -1.82. The third kappa shape index (κ3) is 2.89. The van der Waals surface area contributed by atoms with E-state index in [1.807, 2.05) is 0 Å². The second-order valence-corrected chi connectivity index (χ2v) is 4.20. The highest BCUT2D eigenvalue weighted by atomic mass is 16.6. The van der Waals surface area contributed by atoms with Crippen LogP contribution in [0.15, 0.2) is 18.2 Å². The van der Waals surface area contributed by atoms with Gasteiger partial charge in [0.15, 0.2) is 5.75 Å². The average Bonchev–Trinajstić information content (AvgIpc) is 2.89. The molecule has 1 aromatic rings. The van der Waals surface area contributed by atoms with Crippen molar-refractivity contribution in [2.45, 2.75) is 18.9 Å². The monoisotopic (exact) mass is 252 g/mol. The molecule has 6 heteroatoms. The number of nitrogens with zero attached hydrogens (tertiary/aromatic N) is 1. The maximum Gasteiger partial charge on any atom is 0.314 e. The fraction of sp³-hybridized carbons (Fsp3) is 0.500. The van der Waals surface area contributed by atoms with E-state index in [9.17, 15) is 10.1 Å². The lowest BCUT2D eigenvalue weighted by molar-refractivity contribution is -0.386. The van der Waals surface area contributed by atoms with Crippen LogP contribution >= 0.6 is 0 Å². The lowest BCUT2D eigenvalue weighted by Crippen LogP contribution is -2.28. The maximum atomic E-state index is 10.9. The van der Waals surface area contributed by atoms with Gasteiger partial charge in [-0.2, -0.15) is 0 Å². The molecule has 1 saturated heterocycles. The van der Waals surface area contributed by atoms with Crippen molar-refractivity contribution in [1.29, 1.82) is 0 Å². The van der Waals surface area contributed by atoms with Gasteiger partial charge in [0.1, 0.15) is 12.4 Å². The molecular weight excluding hydrogens is 236 g/mol. The van der Waals surface area contributed by atoms with E-state index in [1.54, 1.807) is 12.1 Å². The highest BCUT2D eigenvalue weighted by Crippen LogP contribution is 2.31. The summed E-state index contributed by atoms with van der Waals surface area (Å²) in [5, 5.41) is 14.2. The predicted molar refractivity (Wildman–Crippen MR) is 66.2 cm³/mol. The molecule has 6 nitrogen and oxygen atoms in total. The topological polar surface area (TPSA) is 73.6 Å². The Kier molecular flexibility index (Phi) is 3.99. The van der Waals surface area contributed by atoms with Gasteiger partial charge in [-0.1, -0.05) is 0 Å². The first kappa shape index (κ1) is 12.6. The van der Waals surface area contributed by atoms with Crippen molar-refractivity contribution in [2.75, 3.05) is 20.3 Å². The molecule has 18 heavy (non-hydrogen) atoms. The van der Waals surface area contributed by atoms with Crippen molar-refractivity contribution >= 4 is 5.69 Å². The van der Waals surface area contributed by atoms with Crippen LogP contribution in [0.1, 0.15) is 12.8 Å². The van der Waals surface area contributed by atoms with E-state index in [0.717, 1.165) is 19.4 Å². The zero-order valence-electron chi connectivity index (χ0n) is 10.2. The van der Waals surface area contributed by atoms with Gasteiger partial charge in [-0.3, -0.25) is 10.1 Å². The van der Waals surface area contributed by atoms with Crippen molar-refractivity contribution in [3.8, 4) is 11.5 Å². The molecule has 1 aliphatic heterocycles. The van der Waals surface area contributed by atoms with Gasteiger partial charge >= 0.3 is 5.69 Å². The molecule has 1 aromatic carbocycles. The van der Waals surface area contributed by atoms with Crippen LogP contribution in [-0.4, -0.2) is 31.2 Å². The molecule has 1 aliphatic rings. The highest BCUT2D eigenvalue weighted by Gasteiger charge is 2.19. The second kappa shape index (κ2) is 5.68. The molecule has 0 aliphatic carbocycles. The minimum absolute atomic E-state index is 0.0626. The Morgan fingerprint density at radius 1 is 1.56 bits per heavy atom. The van der Waals surface area contributed by atoms with Crippen molar-refractivity contribution in [3.05, 3.63) is 28.3 Å². The lowest BCUT2D eigenvalue weighted by atomic mass is 10.2. The first-order chi connectivity index (χ1) is 8.70. The fourth-order valence-corrected chi connectivity index (χ4v) is 1.98. The third-order valence-electron chi connectivity index (χ3n) is 2.97. The molecule has 98 valence electrons. The normalized spacial score (nSPS) is 18.6. The molecule has 2 rings (SSSR count). The predicted octanol–water partition coefficient (Wildman–Crippen LogP) is 1.73. The summed E-state index contributed by atoms with van der Waals surface area (Å²) in [6, 6.07) is 4.89. The highest BCUT2D eigenvalue weighted by molar-refractivity contribution is 5.50. The van der Waals surface area contributed by atoms with E-state index in [4.69, 9.17) is 9.47 Å². The second-order valence-electron chi connectivity index (χ2n) is 4.20. The fourth-order valence-electron chi connectivity index (χ4n) is 1.98. The van der Waals surface area contributed by atoms with Crippen LogP contribution < -0.4 is 14.8 Å². The third-order valence-corrected chi connectivity index (χ3v) is 2.97. The largest absolute Gasteiger partial charge is 0.496 e. The summed E-state index contributed by atoms with van der Waals surface area (Å²) in [5.41, 5.74) is -0.0626. The summed E-state index contributed by atoms with van der Waals surface area (Å²) < 4.78 is 10.5. The lowest BCUT2D eigenvalue weighted by Gasteiger charge is -2.12. The molecule has 0 aromatic heterocycles. The summed E-state index contributed by atoms with van der Waals surface area (Å²) >= 11 is 0. The molecule has 0 saturated carbocycles. The minimum atomic E-state index is -0.458. The van der Waals surface area contributed by atoms with E-state index in [2.05, 4.69) is 5.32 Å². The van der Waals surface area contributed by atoms with Crippen molar-refractivity contribution < 1.29 is 14.4 Å². The van der Waals surface area contributed by atoms with Crippen LogP contribution in [0, 0.1) is 10.1 Å². The van der Waals surface area contributed by atoms with E-state index in [1.165, 1.54) is 13.2 Å². The van der Waals surface area contributed by atoms with Crippen LogP contribution in [0.5, 0.6) is 11.5 Å². The van der Waals surface area contributed by atoms with Gasteiger partial charge in [0.05, 0.1) is 18.1 Å². The molecule has 0 unspecified atom stereocenters. The molecule has 1 heterocycles. The Balaban J connectivity index is 2.08. The first-order valence-corrected chi connectivity index (χ1v) is 5.89. The number of ether oxygens (including phenoxy) is 2. The van der Waals surface area contributed by atoms with Crippen LogP contribution in [0.4, 0.5) is 5.69 Å². The molecule has 0 amide bonds. The van der Waals surface area contributed by atoms with Gasteiger partial charge in [0.2, 0.25) is 0 Å². The molecule has 1 atom stereocenters. The van der Waals surface area contributed by atoms with Crippen LogP contribution in [0.3, 0.4) is 0 Å². The van der Waals surface area contributed by atoms with E-state index in [0.29, 0.717) is 12.4 Å².